The Labute approximate surface area is 117 Å². The van der Waals surface area contributed by atoms with Gasteiger partial charge >= 0.3 is 0 Å². The van der Waals surface area contributed by atoms with Gasteiger partial charge in [-0.15, -0.1) is 0 Å². The first-order chi connectivity index (χ1) is 9.60. The number of methoxy groups -OCH3 is 1. The smallest absolute Gasteiger partial charge is 0.223 e. The number of aromatic nitrogens is 2. The van der Waals surface area contributed by atoms with Gasteiger partial charge in [0.15, 0.2) is 5.82 Å². The Bertz CT molecular complexity index is 569. The quantitative estimate of drug-likeness (QED) is 0.840. The fraction of sp³-hybridized carbons (Fsp3) is 0.429. The summed E-state index contributed by atoms with van der Waals surface area (Å²) < 4.78 is 9.97. The highest BCUT2D eigenvalue weighted by molar-refractivity contribution is 5.41. The van der Waals surface area contributed by atoms with E-state index in [4.69, 9.17) is 9.26 Å². The van der Waals surface area contributed by atoms with E-state index in [0.717, 1.165) is 5.56 Å². The van der Waals surface area contributed by atoms with Gasteiger partial charge in [0.05, 0.1) is 7.11 Å². The van der Waals surface area contributed by atoms with E-state index in [2.05, 4.69) is 15.5 Å². The fourth-order valence-corrected chi connectivity index (χ4v) is 1.97. The van der Waals surface area contributed by atoms with Crippen LogP contribution in [0, 0.1) is 6.92 Å². The van der Waals surface area contributed by atoms with Gasteiger partial charge in [0, 0.05) is 37.6 Å². The van der Waals surface area contributed by atoms with Crippen LogP contribution >= 0.6 is 0 Å². The number of nitrogens with one attached hydrogen (secondary N) is 1. The Morgan fingerprint density at radius 2 is 2.25 bits per heavy atom. The van der Waals surface area contributed by atoms with Crippen LogP contribution < -0.4 is 10.1 Å². The Hall–Kier alpha value is -2.08. The maximum atomic E-state index is 9.95. The number of nitrogens with zero attached hydrogens (tertiary/aromatic N) is 2. The second-order valence-electron chi connectivity index (χ2n) is 4.58. The molecule has 0 spiro atoms. The number of phenolic OH excluding ortho intramolecular Hbond substituents is 1. The first-order valence-corrected chi connectivity index (χ1v) is 6.49. The number of phenols is 1. The normalized spacial score (nSPS) is 12.3. The molecule has 2 aromatic rings. The van der Waals surface area contributed by atoms with Crippen LogP contribution in [0.4, 0.5) is 0 Å². The highest BCUT2D eigenvalue weighted by Crippen LogP contribution is 2.28. The molecule has 0 bridgehead atoms. The van der Waals surface area contributed by atoms with Gasteiger partial charge in [0.2, 0.25) is 5.89 Å². The van der Waals surface area contributed by atoms with E-state index in [0.29, 0.717) is 30.4 Å². The molecule has 0 aliphatic rings. The number of hydrogen-bond donors (Lipinski definition) is 2. The summed E-state index contributed by atoms with van der Waals surface area (Å²) in [6.45, 7) is 4.45. The Balaban J connectivity index is 1.89. The number of ether oxygens (including phenoxy) is 1. The maximum Gasteiger partial charge on any atom is 0.223 e. The zero-order chi connectivity index (χ0) is 14.5. The molecule has 1 unspecified atom stereocenters. The minimum Gasteiger partial charge on any atom is -0.507 e. The summed E-state index contributed by atoms with van der Waals surface area (Å²) in [7, 11) is 1.57. The first-order valence-electron chi connectivity index (χ1n) is 6.49. The van der Waals surface area contributed by atoms with Crippen molar-refractivity contribution in [2.45, 2.75) is 26.3 Å². The van der Waals surface area contributed by atoms with Crippen molar-refractivity contribution < 1.29 is 14.4 Å². The zero-order valence-corrected chi connectivity index (χ0v) is 11.9. The van der Waals surface area contributed by atoms with Crippen molar-refractivity contribution in [2.75, 3.05) is 13.7 Å². The second kappa shape index (κ2) is 6.38. The summed E-state index contributed by atoms with van der Waals surface area (Å²) >= 11 is 0. The molecule has 0 fully saturated rings. The molecule has 1 aromatic heterocycles. The standard InChI is InChI=1S/C14H19N3O3/c1-9(12-5-4-11(19-3)8-13(12)18)15-7-6-14-16-10(2)20-17-14/h4-5,8-9,15,18H,6-7H2,1-3H3. The second-order valence-corrected chi connectivity index (χ2v) is 4.58. The molecular formula is C14H19N3O3. The average molecular weight is 277 g/mol. The summed E-state index contributed by atoms with van der Waals surface area (Å²) in [6, 6.07) is 5.31. The van der Waals surface area contributed by atoms with Gasteiger partial charge in [0.1, 0.15) is 11.5 Å². The maximum absolute atomic E-state index is 9.95. The van der Waals surface area contributed by atoms with Gasteiger partial charge in [0.25, 0.3) is 0 Å². The lowest BCUT2D eigenvalue weighted by atomic mass is 10.1. The van der Waals surface area contributed by atoms with Crippen LogP contribution in [-0.2, 0) is 6.42 Å². The van der Waals surface area contributed by atoms with Crippen molar-refractivity contribution >= 4 is 0 Å². The van der Waals surface area contributed by atoms with E-state index in [1.54, 1.807) is 20.1 Å². The highest BCUT2D eigenvalue weighted by Gasteiger charge is 2.11. The molecule has 0 saturated heterocycles. The van der Waals surface area contributed by atoms with Crippen LogP contribution in [0.1, 0.15) is 30.2 Å². The summed E-state index contributed by atoms with van der Waals surface area (Å²) in [5.74, 6) is 2.11. The summed E-state index contributed by atoms with van der Waals surface area (Å²) in [6.07, 6.45) is 0.679. The summed E-state index contributed by atoms with van der Waals surface area (Å²) in [5.41, 5.74) is 0.829. The van der Waals surface area contributed by atoms with Crippen LogP contribution in [0.25, 0.3) is 0 Å². The topological polar surface area (TPSA) is 80.4 Å². The van der Waals surface area contributed by atoms with Crippen molar-refractivity contribution in [3.63, 3.8) is 0 Å². The predicted molar refractivity (Wildman–Crippen MR) is 73.8 cm³/mol. The van der Waals surface area contributed by atoms with Crippen molar-refractivity contribution in [3.05, 3.63) is 35.5 Å². The van der Waals surface area contributed by atoms with Gasteiger partial charge in [-0.2, -0.15) is 4.98 Å². The van der Waals surface area contributed by atoms with Crippen LogP contribution in [0.2, 0.25) is 0 Å². The third kappa shape index (κ3) is 3.48. The molecule has 2 N–H and O–H groups in total. The van der Waals surface area contributed by atoms with E-state index >= 15 is 0 Å². The largest absolute Gasteiger partial charge is 0.507 e. The third-order valence-electron chi connectivity index (χ3n) is 3.07. The Morgan fingerprint density at radius 3 is 2.85 bits per heavy atom. The fourth-order valence-electron chi connectivity index (χ4n) is 1.97. The lowest BCUT2D eigenvalue weighted by Crippen LogP contribution is -2.21. The van der Waals surface area contributed by atoms with Crippen LogP contribution in [0.15, 0.2) is 22.7 Å². The molecule has 0 aliphatic carbocycles. The third-order valence-corrected chi connectivity index (χ3v) is 3.07. The summed E-state index contributed by atoms with van der Waals surface area (Å²) in [4.78, 5) is 4.14. The number of benzene rings is 1. The van der Waals surface area contributed by atoms with E-state index in [1.807, 2.05) is 19.1 Å². The molecule has 0 amide bonds. The summed E-state index contributed by atoms with van der Waals surface area (Å²) in [5, 5.41) is 17.1. The van der Waals surface area contributed by atoms with E-state index in [-0.39, 0.29) is 11.8 Å². The van der Waals surface area contributed by atoms with Crippen molar-refractivity contribution in [2.24, 2.45) is 0 Å². The molecule has 0 radical (unpaired) electrons. The van der Waals surface area contributed by atoms with Crippen molar-refractivity contribution in [1.29, 1.82) is 0 Å². The van der Waals surface area contributed by atoms with Gasteiger partial charge in [-0.05, 0) is 13.0 Å². The number of aromatic hydroxyl groups is 1. The number of rotatable bonds is 6. The minimum atomic E-state index is 0.0221. The zero-order valence-electron chi connectivity index (χ0n) is 11.9. The SMILES string of the molecule is COc1ccc(C(C)NCCc2noc(C)n2)c(O)c1. The number of aryl methyl sites for hydroxylation is 1. The molecule has 6 nitrogen and oxygen atoms in total. The molecule has 108 valence electrons. The molecule has 6 heteroatoms. The molecule has 20 heavy (non-hydrogen) atoms. The first kappa shape index (κ1) is 14.3. The molecule has 1 atom stereocenters. The molecule has 0 saturated carbocycles. The minimum absolute atomic E-state index is 0.0221. The number of hydrogen-bond acceptors (Lipinski definition) is 6. The van der Waals surface area contributed by atoms with Crippen molar-refractivity contribution in [3.8, 4) is 11.5 Å². The predicted octanol–water partition coefficient (Wildman–Crippen LogP) is 1.99. The van der Waals surface area contributed by atoms with Gasteiger partial charge < -0.3 is 19.7 Å². The molecular weight excluding hydrogens is 258 g/mol. The average Bonchev–Trinajstić information content (AvgIpc) is 2.84. The van der Waals surface area contributed by atoms with Gasteiger partial charge in [-0.1, -0.05) is 11.2 Å². The van der Waals surface area contributed by atoms with Crippen LogP contribution in [-0.4, -0.2) is 28.9 Å². The molecule has 1 heterocycles. The van der Waals surface area contributed by atoms with Crippen LogP contribution in [0.5, 0.6) is 11.5 Å². The van der Waals surface area contributed by atoms with E-state index in [9.17, 15) is 5.11 Å². The van der Waals surface area contributed by atoms with Crippen LogP contribution in [0.3, 0.4) is 0 Å². The molecule has 0 aliphatic heterocycles. The van der Waals surface area contributed by atoms with Gasteiger partial charge in [-0.25, -0.2) is 0 Å². The molecule has 2 rings (SSSR count). The van der Waals surface area contributed by atoms with E-state index < -0.39 is 0 Å². The van der Waals surface area contributed by atoms with E-state index in [1.165, 1.54) is 0 Å². The van der Waals surface area contributed by atoms with Crippen molar-refractivity contribution in [1.82, 2.24) is 15.5 Å². The Morgan fingerprint density at radius 1 is 1.45 bits per heavy atom. The lowest BCUT2D eigenvalue weighted by molar-refractivity contribution is 0.386. The molecule has 1 aromatic carbocycles. The highest BCUT2D eigenvalue weighted by atomic mass is 16.5. The van der Waals surface area contributed by atoms with Gasteiger partial charge in [-0.3, -0.25) is 0 Å². The lowest BCUT2D eigenvalue weighted by Gasteiger charge is -2.15. The Kier molecular flexibility index (Phi) is 4.57. The monoisotopic (exact) mass is 277 g/mol.